The van der Waals surface area contributed by atoms with Gasteiger partial charge in [-0.2, -0.15) is 0 Å². The van der Waals surface area contributed by atoms with Crippen LogP contribution in [0.25, 0.3) is 0 Å². The summed E-state index contributed by atoms with van der Waals surface area (Å²) in [4.78, 5) is 38.3. The lowest BCUT2D eigenvalue weighted by Crippen LogP contribution is -2.43. The van der Waals surface area contributed by atoms with Crippen molar-refractivity contribution in [3.8, 4) is 5.75 Å². The van der Waals surface area contributed by atoms with Crippen LogP contribution in [0.1, 0.15) is 49.7 Å². The van der Waals surface area contributed by atoms with Crippen LogP contribution in [0.4, 0.5) is 8.78 Å². The van der Waals surface area contributed by atoms with Gasteiger partial charge in [0, 0.05) is 26.1 Å². The molecule has 0 spiro atoms. The van der Waals surface area contributed by atoms with Crippen molar-refractivity contribution in [3.05, 3.63) is 65.2 Å². The number of aliphatic carboxylic acids is 1. The number of rotatable bonds is 11. The molecule has 0 aromatic heterocycles. The van der Waals surface area contributed by atoms with Gasteiger partial charge in [-0.3, -0.25) is 14.4 Å². The molecule has 2 amide bonds. The van der Waals surface area contributed by atoms with Crippen molar-refractivity contribution in [2.24, 2.45) is 5.92 Å². The fourth-order valence-corrected chi connectivity index (χ4v) is 4.56. The van der Waals surface area contributed by atoms with Gasteiger partial charge in [-0.25, -0.2) is 8.78 Å². The van der Waals surface area contributed by atoms with Crippen molar-refractivity contribution >= 4 is 17.8 Å². The molecular formula is C27H32F2N2O5. The number of amides is 2. The highest BCUT2D eigenvalue weighted by Crippen LogP contribution is 2.34. The fraction of sp³-hybridized carbons (Fsp3) is 0.444. The van der Waals surface area contributed by atoms with Gasteiger partial charge in [0.15, 0.2) is 11.6 Å². The van der Waals surface area contributed by atoms with Crippen LogP contribution in [-0.4, -0.2) is 54.0 Å². The Morgan fingerprint density at radius 3 is 2.36 bits per heavy atom. The quantitative estimate of drug-likeness (QED) is 0.486. The molecule has 194 valence electrons. The Bertz CT molecular complexity index is 1050. The Balaban J connectivity index is 1.59. The molecule has 1 heterocycles. The highest BCUT2D eigenvalue weighted by Gasteiger charge is 2.34. The Labute approximate surface area is 209 Å². The molecule has 2 N–H and O–H groups in total. The van der Waals surface area contributed by atoms with Gasteiger partial charge < -0.3 is 20.1 Å². The van der Waals surface area contributed by atoms with Crippen molar-refractivity contribution in [2.75, 3.05) is 26.2 Å². The zero-order valence-corrected chi connectivity index (χ0v) is 20.3. The molecule has 0 unspecified atom stereocenters. The van der Waals surface area contributed by atoms with Crippen LogP contribution in [-0.2, 0) is 20.8 Å². The summed E-state index contributed by atoms with van der Waals surface area (Å²) in [5, 5.41) is 11.4. The van der Waals surface area contributed by atoms with Crippen molar-refractivity contribution < 1.29 is 33.0 Å². The van der Waals surface area contributed by atoms with Gasteiger partial charge in [-0.1, -0.05) is 18.2 Å². The van der Waals surface area contributed by atoms with Crippen LogP contribution in [0.5, 0.6) is 5.75 Å². The van der Waals surface area contributed by atoms with Crippen molar-refractivity contribution in [1.29, 1.82) is 0 Å². The van der Waals surface area contributed by atoms with E-state index in [4.69, 9.17) is 9.84 Å². The van der Waals surface area contributed by atoms with E-state index in [0.717, 1.165) is 23.4 Å². The third-order valence-electron chi connectivity index (χ3n) is 6.45. The first-order valence-electron chi connectivity index (χ1n) is 12.2. The van der Waals surface area contributed by atoms with E-state index in [1.165, 1.54) is 6.07 Å². The average Bonchev–Trinajstić information content (AvgIpc) is 2.86. The largest absolute Gasteiger partial charge is 0.494 e. The van der Waals surface area contributed by atoms with Crippen molar-refractivity contribution in [3.63, 3.8) is 0 Å². The number of benzene rings is 2. The standard InChI is InChI=1S/C27H32F2N2O5/c1-2-36-21-7-3-18(4-8-21)5-10-24(32)31-15-12-19(13-16-31)26(27(35)30-14-11-25(33)34)20-6-9-22(28)23(29)17-20/h3-4,6-9,17,19,26H,2,5,10-16H2,1H3,(H,30,35)(H,33,34)/t26-/m0/s1. The second-order valence-corrected chi connectivity index (χ2v) is 8.88. The van der Waals surface area contributed by atoms with E-state index in [9.17, 15) is 23.2 Å². The van der Waals surface area contributed by atoms with Gasteiger partial charge in [0.2, 0.25) is 11.8 Å². The molecule has 1 fully saturated rings. The molecule has 1 aliphatic rings. The van der Waals surface area contributed by atoms with E-state index in [-0.39, 0.29) is 24.8 Å². The summed E-state index contributed by atoms with van der Waals surface area (Å²) in [7, 11) is 0. The van der Waals surface area contributed by atoms with Crippen molar-refractivity contribution in [2.45, 2.75) is 44.9 Å². The van der Waals surface area contributed by atoms with Crippen LogP contribution in [0.3, 0.4) is 0 Å². The van der Waals surface area contributed by atoms with Crippen LogP contribution in [0, 0.1) is 17.6 Å². The Kier molecular flexibility index (Phi) is 9.78. The third kappa shape index (κ3) is 7.50. The first-order valence-corrected chi connectivity index (χ1v) is 12.2. The molecule has 0 saturated carbocycles. The van der Waals surface area contributed by atoms with Crippen LogP contribution in [0.2, 0.25) is 0 Å². The van der Waals surface area contributed by atoms with Crippen molar-refractivity contribution in [1.82, 2.24) is 10.2 Å². The zero-order chi connectivity index (χ0) is 26.1. The SMILES string of the molecule is CCOc1ccc(CCC(=O)N2CCC([C@H](C(=O)NCCC(=O)O)c3ccc(F)c(F)c3)CC2)cc1. The molecule has 0 bridgehead atoms. The summed E-state index contributed by atoms with van der Waals surface area (Å²) in [5.41, 5.74) is 1.38. The van der Waals surface area contributed by atoms with Gasteiger partial charge >= 0.3 is 5.97 Å². The Morgan fingerprint density at radius 2 is 1.75 bits per heavy atom. The number of ether oxygens (including phenoxy) is 1. The fourth-order valence-electron chi connectivity index (χ4n) is 4.56. The van der Waals surface area contributed by atoms with E-state index in [1.54, 1.807) is 4.90 Å². The molecule has 3 rings (SSSR count). The maximum atomic E-state index is 13.9. The summed E-state index contributed by atoms with van der Waals surface area (Å²) >= 11 is 0. The minimum Gasteiger partial charge on any atom is -0.494 e. The maximum absolute atomic E-state index is 13.9. The summed E-state index contributed by atoms with van der Waals surface area (Å²) in [5.74, 6) is -3.67. The average molecular weight is 503 g/mol. The van der Waals surface area contributed by atoms with Gasteiger partial charge in [-0.05, 0) is 67.5 Å². The topological polar surface area (TPSA) is 95.9 Å². The number of carboxylic acids is 1. The van der Waals surface area contributed by atoms with Crippen LogP contribution in [0.15, 0.2) is 42.5 Å². The lowest BCUT2D eigenvalue weighted by Gasteiger charge is -2.36. The number of carboxylic acid groups (broad SMARTS) is 1. The molecule has 2 aromatic rings. The molecule has 1 aliphatic heterocycles. The van der Waals surface area contributed by atoms with E-state index in [1.807, 2.05) is 31.2 Å². The number of halogens is 2. The molecule has 2 aromatic carbocycles. The normalized spacial score (nSPS) is 14.8. The third-order valence-corrected chi connectivity index (χ3v) is 6.45. The molecule has 0 radical (unpaired) electrons. The lowest BCUT2D eigenvalue weighted by atomic mass is 9.79. The number of hydrogen-bond acceptors (Lipinski definition) is 4. The number of nitrogens with zero attached hydrogens (tertiary/aromatic N) is 1. The number of likely N-dealkylation sites (tertiary alicyclic amines) is 1. The molecule has 9 heteroatoms. The molecule has 1 atom stereocenters. The van der Waals surface area contributed by atoms with Crippen LogP contribution < -0.4 is 10.1 Å². The van der Waals surface area contributed by atoms with E-state index in [2.05, 4.69) is 5.32 Å². The number of carbonyl (C=O) groups excluding carboxylic acids is 2. The lowest BCUT2D eigenvalue weighted by molar-refractivity contribution is -0.137. The summed E-state index contributed by atoms with van der Waals surface area (Å²) in [6, 6.07) is 11.0. The number of carbonyl (C=O) groups is 3. The highest BCUT2D eigenvalue weighted by molar-refractivity contribution is 5.84. The molecule has 0 aliphatic carbocycles. The minimum atomic E-state index is -1.04. The predicted octanol–water partition coefficient (Wildman–Crippen LogP) is 3.91. The van der Waals surface area contributed by atoms with E-state index >= 15 is 0 Å². The molecule has 1 saturated heterocycles. The zero-order valence-electron chi connectivity index (χ0n) is 20.3. The van der Waals surface area contributed by atoms with Gasteiger partial charge in [-0.15, -0.1) is 0 Å². The molecular weight excluding hydrogens is 470 g/mol. The van der Waals surface area contributed by atoms with E-state index < -0.39 is 29.4 Å². The number of piperidine rings is 1. The second kappa shape index (κ2) is 13.0. The monoisotopic (exact) mass is 502 g/mol. The Morgan fingerprint density at radius 1 is 1.06 bits per heavy atom. The maximum Gasteiger partial charge on any atom is 0.305 e. The Hall–Kier alpha value is -3.49. The predicted molar refractivity (Wildman–Crippen MR) is 130 cm³/mol. The molecule has 36 heavy (non-hydrogen) atoms. The first-order chi connectivity index (χ1) is 17.3. The summed E-state index contributed by atoms with van der Waals surface area (Å²) < 4.78 is 32.9. The summed E-state index contributed by atoms with van der Waals surface area (Å²) in [6.07, 6.45) is 1.77. The first kappa shape index (κ1) is 27.1. The number of hydrogen-bond donors (Lipinski definition) is 2. The highest BCUT2D eigenvalue weighted by atomic mass is 19.2. The summed E-state index contributed by atoms with van der Waals surface area (Å²) in [6.45, 7) is 3.36. The minimum absolute atomic E-state index is 0.0256. The molecule has 7 nitrogen and oxygen atoms in total. The second-order valence-electron chi connectivity index (χ2n) is 8.88. The van der Waals surface area contributed by atoms with Gasteiger partial charge in [0.05, 0.1) is 18.9 Å². The number of nitrogens with one attached hydrogen (secondary N) is 1. The van der Waals surface area contributed by atoms with Crippen LogP contribution >= 0.6 is 0 Å². The number of aryl methyl sites for hydroxylation is 1. The van der Waals surface area contributed by atoms with Gasteiger partial charge in [0.25, 0.3) is 0 Å². The van der Waals surface area contributed by atoms with Gasteiger partial charge in [0.1, 0.15) is 5.75 Å². The van der Waals surface area contributed by atoms with E-state index in [0.29, 0.717) is 50.9 Å². The smallest absolute Gasteiger partial charge is 0.305 e.